The SMILES string of the molecule is CCC(O)c1ccc(N(C)CCOC(C)C)cn1. The lowest BCUT2D eigenvalue weighted by atomic mass is 10.2. The maximum atomic E-state index is 9.67. The first-order valence-corrected chi connectivity index (χ1v) is 6.51. The minimum absolute atomic E-state index is 0.263. The molecule has 1 aromatic heterocycles. The van der Waals surface area contributed by atoms with Gasteiger partial charge < -0.3 is 14.7 Å². The van der Waals surface area contributed by atoms with E-state index in [-0.39, 0.29) is 6.10 Å². The van der Waals surface area contributed by atoms with Gasteiger partial charge in [0.25, 0.3) is 0 Å². The van der Waals surface area contributed by atoms with Gasteiger partial charge in [-0.2, -0.15) is 0 Å². The van der Waals surface area contributed by atoms with E-state index in [0.717, 1.165) is 17.9 Å². The summed E-state index contributed by atoms with van der Waals surface area (Å²) in [5, 5.41) is 9.67. The molecule has 1 aromatic rings. The average molecular weight is 252 g/mol. The van der Waals surface area contributed by atoms with Gasteiger partial charge in [0.2, 0.25) is 0 Å². The molecule has 4 heteroatoms. The van der Waals surface area contributed by atoms with E-state index < -0.39 is 6.10 Å². The highest BCUT2D eigenvalue weighted by atomic mass is 16.5. The smallest absolute Gasteiger partial charge is 0.0957 e. The van der Waals surface area contributed by atoms with Crippen molar-refractivity contribution >= 4 is 5.69 Å². The van der Waals surface area contributed by atoms with Crippen LogP contribution in [0.1, 0.15) is 39.0 Å². The number of aliphatic hydroxyl groups is 1. The Kier molecular flexibility index (Phi) is 6.09. The molecule has 0 saturated carbocycles. The Hall–Kier alpha value is -1.13. The summed E-state index contributed by atoms with van der Waals surface area (Å²) < 4.78 is 5.51. The number of ether oxygens (including phenoxy) is 1. The van der Waals surface area contributed by atoms with Gasteiger partial charge in [-0.1, -0.05) is 6.92 Å². The van der Waals surface area contributed by atoms with Crippen LogP contribution in [-0.2, 0) is 4.74 Å². The van der Waals surface area contributed by atoms with Crippen LogP contribution in [0.3, 0.4) is 0 Å². The van der Waals surface area contributed by atoms with Crippen molar-refractivity contribution in [2.75, 3.05) is 25.1 Å². The van der Waals surface area contributed by atoms with Crippen LogP contribution in [0.2, 0.25) is 0 Å². The van der Waals surface area contributed by atoms with Gasteiger partial charge in [0.05, 0.1) is 36.4 Å². The number of likely N-dealkylation sites (N-methyl/N-ethyl adjacent to an activating group) is 1. The summed E-state index contributed by atoms with van der Waals surface area (Å²) >= 11 is 0. The lowest BCUT2D eigenvalue weighted by molar-refractivity contribution is 0.0846. The van der Waals surface area contributed by atoms with Crippen molar-refractivity contribution in [1.29, 1.82) is 0 Å². The summed E-state index contributed by atoms with van der Waals surface area (Å²) in [6.45, 7) is 7.53. The van der Waals surface area contributed by atoms with Crippen LogP contribution in [0.15, 0.2) is 18.3 Å². The molecule has 0 aliphatic carbocycles. The van der Waals surface area contributed by atoms with Crippen LogP contribution in [0.25, 0.3) is 0 Å². The van der Waals surface area contributed by atoms with Crippen molar-refractivity contribution in [3.8, 4) is 0 Å². The van der Waals surface area contributed by atoms with E-state index in [1.165, 1.54) is 0 Å². The molecular formula is C14H24N2O2. The molecule has 1 unspecified atom stereocenters. The largest absolute Gasteiger partial charge is 0.387 e. The molecule has 1 N–H and O–H groups in total. The topological polar surface area (TPSA) is 45.6 Å². The summed E-state index contributed by atoms with van der Waals surface area (Å²) in [6, 6.07) is 3.86. The lowest BCUT2D eigenvalue weighted by Crippen LogP contribution is -2.24. The molecule has 102 valence electrons. The van der Waals surface area contributed by atoms with Gasteiger partial charge in [-0.25, -0.2) is 0 Å². The van der Waals surface area contributed by atoms with Gasteiger partial charge in [-0.05, 0) is 32.4 Å². The summed E-state index contributed by atoms with van der Waals surface area (Å²) in [5.41, 5.74) is 1.77. The maximum Gasteiger partial charge on any atom is 0.0957 e. The highest BCUT2D eigenvalue weighted by Gasteiger charge is 2.07. The molecule has 0 aliphatic rings. The number of aliphatic hydroxyl groups excluding tert-OH is 1. The van der Waals surface area contributed by atoms with Crippen LogP contribution in [0.4, 0.5) is 5.69 Å². The number of hydrogen-bond donors (Lipinski definition) is 1. The Morgan fingerprint density at radius 2 is 2.11 bits per heavy atom. The molecule has 1 rings (SSSR count). The predicted molar refractivity (Wildman–Crippen MR) is 73.8 cm³/mol. The summed E-state index contributed by atoms with van der Waals surface area (Å²) in [5.74, 6) is 0. The number of aromatic nitrogens is 1. The second-order valence-electron chi connectivity index (χ2n) is 4.71. The molecule has 0 aromatic carbocycles. The Morgan fingerprint density at radius 3 is 2.61 bits per heavy atom. The van der Waals surface area contributed by atoms with Gasteiger partial charge in [0.1, 0.15) is 0 Å². The summed E-state index contributed by atoms with van der Waals surface area (Å²) in [6.07, 6.45) is 2.28. The molecular weight excluding hydrogens is 228 g/mol. The standard InChI is InChI=1S/C14H24N2O2/c1-5-14(17)13-7-6-12(10-15-13)16(4)8-9-18-11(2)3/h6-7,10-11,14,17H,5,8-9H2,1-4H3. The first kappa shape index (κ1) is 14.9. The van der Waals surface area contributed by atoms with Crippen LogP contribution in [-0.4, -0.2) is 36.4 Å². The normalized spacial score (nSPS) is 12.8. The zero-order valence-corrected chi connectivity index (χ0v) is 11.8. The first-order chi connectivity index (χ1) is 8.54. The molecule has 18 heavy (non-hydrogen) atoms. The van der Waals surface area contributed by atoms with E-state index in [4.69, 9.17) is 4.74 Å². The minimum Gasteiger partial charge on any atom is -0.387 e. The second kappa shape index (κ2) is 7.34. The van der Waals surface area contributed by atoms with E-state index in [1.54, 1.807) is 6.20 Å². The molecule has 0 radical (unpaired) electrons. The van der Waals surface area contributed by atoms with E-state index in [0.29, 0.717) is 13.0 Å². The summed E-state index contributed by atoms with van der Waals surface area (Å²) in [4.78, 5) is 6.38. The molecule has 1 atom stereocenters. The third-order valence-electron chi connectivity index (χ3n) is 2.82. The van der Waals surface area contributed by atoms with Crippen molar-refractivity contribution < 1.29 is 9.84 Å². The average Bonchev–Trinajstić information content (AvgIpc) is 2.37. The van der Waals surface area contributed by atoms with Crippen molar-refractivity contribution in [3.63, 3.8) is 0 Å². The van der Waals surface area contributed by atoms with Gasteiger partial charge in [-0.15, -0.1) is 0 Å². The Labute approximate surface area is 110 Å². The highest BCUT2D eigenvalue weighted by molar-refractivity contribution is 5.43. The second-order valence-corrected chi connectivity index (χ2v) is 4.71. The van der Waals surface area contributed by atoms with Crippen LogP contribution < -0.4 is 4.90 Å². The van der Waals surface area contributed by atoms with Crippen molar-refractivity contribution in [3.05, 3.63) is 24.0 Å². The van der Waals surface area contributed by atoms with Crippen molar-refractivity contribution in [2.45, 2.75) is 39.4 Å². The number of pyridine rings is 1. The van der Waals surface area contributed by atoms with E-state index in [1.807, 2.05) is 40.0 Å². The quantitative estimate of drug-likeness (QED) is 0.809. The van der Waals surface area contributed by atoms with Crippen molar-refractivity contribution in [1.82, 2.24) is 4.98 Å². The zero-order valence-electron chi connectivity index (χ0n) is 11.8. The lowest BCUT2D eigenvalue weighted by Gasteiger charge is -2.20. The highest BCUT2D eigenvalue weighted by Crippen LogP contribution is 2.17. The van der Waals surface area contributed by atoms with Crippen LogP contribution >= 0.6 is 0 Å². The number of nitrogens with zero attached hydrogens (tertiary/aromatic N) is 2. The third-order valence-corrected chi connectivity index (χ3v) is 2.82. The zero-order chi connectivity index (χ0) is 13.5. The Morgan fingerprint density at radius 1 is 1.39 bits per heavy atom. The molecule has 0 aliphatic heterocycles. The minimum atomic E-state index is -0.464. The molecule has 0 saturated heterocycles. The molecule has 1 heterocycles. The number of anilines is 1. The fourth-order valence-corrected chi connectivity index (χ4v) is 1.58. The van der Waals surface area contributed by atoms with E-state index in [9.17, 15) is 5.11 Å². The monoisotopic (exact) mass is 252 g/mol. The Bertz CT molecular complexity index is 338. The molecule has 0 amide bonds. The van der Waals surface area contributed by atoms with Crippen molar-refractivity contribution in [2.24, 2.45) is 0 Å². The predicted octanol–water partition coefficient (Wildman–Crippen LogP) is 2.39. The van der Waals surface area contributed by atoms with Gasteiger partial charge in [0.15, 0.2) is 0 Å². The number of hydrogen-bond acceptors (Lipinski definition) is 4. The first-order valence-electron chi connectivity index (χ1n) is 6.51. The Balaban J connectivity index is 2.51. The van der Waals surface area contributed by atoms with Gasteiger partial charge >= 0.3 is 0 Å². The van der Waals surface area contributed by atoms with E-state index in [2.05, 4.69) is 9.88 Å². The fourth-order valence-electron chi connectivity index (χ4n) is 1.58. The molecule has 0 spiro atoms. The molecule has 4 nitrogen and oxygen atoms in total. The summed E-state index contributed by atoms with van der Waals surface area (Å²) in [7, 11) is 2.01. The molecule has 0 bridgehead atoms. The van der Waals surface area contributed by atoms with E-state index >= 15 is 0 Å². The van der Waals surface area contributed by atoms with Crippen LogP contribution in [0.5, 0.6) is 0 Å². The third kappa shape index (κ3) is 4.63. The van der Waals surface area contributed by atoms with Gasteiger partial charge in [-0.3, -0.25) is 4.98 Å². The van der Waals surface area contributed by atoms with Gasteiger partial charge in [0, 0.05) is 13.6 Å². The number of rotatable bonds is 7. The maximum absolute atomic E-state index is 9.67. The fraction of sp³-hybridized carbons (Fsp3) is 0.643. The van der Waals surface area contributed by atoms with Crippen LogP contribution in [0, 0.1) is 0 Å². The molecule has 0 fully saturated rings.